The van der Waals surface area contributed by atoms with Crippen LogP contribution in [0.2, 0.25) is 5.02 Å². The molecule has 0 spiro atoms. The van der Waals surface area contributed by atoms with Gasteiger partial charge in [-0.1, -0.05) is 17.7 Å². The summed E-state index contributed by atoms with van der Waals surface area (Å²) in [6.07, 6.45) is 4.98. The number of ketones is 1. The first-order valence-electron chi connectivity index (χ1n) is 7.41. The average molecular weight is 348 g/mol. The highest BCUT2D eigenvalue weighted by Crippen LogP contribution is 2.30. The smallest absolute Gasteiger partial charge is 0.294 e. The van der Waals surface area contributed by atoms with Crippen LogP contribution in [0.4, 0.5) is 10.5 Å². The molecule has 0 atom stereocenters. The quantitative estimate of drug-likeness (QED) is 0.576. The van der Waals surface area contributed by atoms with Crippen molar-refractivity contribution in [3.8, 4) is 0 Å². The molecule has 0 aromatic heterocycles. The second kappa shape index (κ2) is 6.45. The number of hydrogen-bond donors (Lipinski definition) is 0. The van der Waals surface area contributed by atoms with Gasteiger partial charge in [-0.3, -0.25) is 24.7 Å². The number of hydrogen-bond acceptors (Lipinski definition) is 4. The van der Waals surface area contributed by atoms with E-state index in [9.17, 15) is 19.7 Å². The molecule has 0 radical (unpaired) electrons. The van der Waals surface area contributed by atoms with Crippen molar-refractivity contribution in [3.63, 3.8) is 0 Å². The van der Waals surface area contributed by atoms with Crippen molar-refractivity contribution >= 4 is 29.1 Å². The molecule has 8 heteroatoms. The number of Topliss-reactive ketones (excluding diaryl/α,β-unsaturated/α-hetero) is 1. The fourth-order valence-corrected chi connectivity index (χ4v) is 2.93. The number of rotatable bonds is 1. The molecule has 0 saturated carbocycles. The Morgan fingerprint density at radius 2 is 2.12 bits per heavy atom. The Labute approximate surface area is 142 Å². The monoisotopic (exact) mass is 347 g/mol. The summed E-state index contributed by atoms with van der Waals surface area (Å²) in [5, 5.41) is 11.3. The Morgan fingerprint density at radius 3 is 2.88 bits per heavy atom. The van der Waals surface area contributed by atoms with Gasteiger partial charge in [0.2, 0.25) is 0 Å². The Bertz CT molecular complexity index is 788. The molecule has 2 heterocycles. The number of fused-ring (bicyclic) bond motifs is 1. The van der Waals surface area contributed by atoms with Crippen LogP contribution in [0.3, 0.4) is 0 Å². The largest absolute Gasteiger partial charge is 0.329 e. The van der Waals surface area contributed by atoms with Gasteiger partial charge in [-0.05, 0) is 24.6 Å². The lowest BCUT2D eigenvalue weighted by molar-refractivity contribution is -0.420. The summed E-state index contributed by atoms with van der Waals surface area (Å²) in [4.78, 5) is 38.2. The van der Waals surface area contributed by atoms with E-state index in [-0.39, 0.29) is 18.0 Å². The summed E-state index contributed by atoms with van der Waals surface area (Å²) in [5.41, 5.74) is 0.730. The molecule has 0 bridgehead atoms. The fraction of sp³-hybridized carbons (Fsp3) is 0.250. The first kappa shape index (κ1) is 16.2. The molecule has 1 aromatic carbocycles. The van der Waals surface area contributed by atoms with E-state index < -0.39 is 11.0 Å². The SMILES string of the molecule is O=C1CCCN(C(=O)N2C=C([N+](=O)[O-])C=CC2)c2ccc(Cl)cc21. The minimum absolute atomic E-state index is 0.0668. The van der Waals surface area contributed by atoms with Crippen LogP contribution in [0.5, 0.6) is 0 Å². The number of nitro groups is 1. The number of carbonyl (C=O) groups is 2. The van der Waals surface area contributed by atoms with E-state index in [2.05, 4.69) is 0 Å². The Balaban J connectivity index is 1.96. The van der Waals surface area contributed by atoms with E-state index in [1.807, 2.05) is 0 Å². The maximum absolute atomic E-state index is 12.8. The van der Waals surface area contributed by atoms with Crippen LogP contribution in [0.25, 0.3) is 0 Å². The van der Waals surface area contributed by atoms with Gasteiger partial charge in [-0.15, -0.1) is 0 Å². The molecule has 0 unspecified atom stereocenters. The van der Waals surface area contributed by atoms with E-state index in [4.69, 9.17) is 11.6 Å². The minimum atomic E-state index is -0.546. The van der Waals surface area contributed by atoms with Crippen molar-refractivity contribution < 1.29 is 14.5 Å². The third kappa shape index (κ3) is 3.03. The molecule has 0 N–H and O–H groups in total. The number of halogens is 1. The molecule has 1 aromatic rings. The average Bonchev–Trinajstić information content (AvgIpc) is 2.73. The van der Waals surface area contributed by atoms with Crippen molar-refractivity contribution in [3.05, 3.63) is 62.9 Å². The standard InChI is InChI=1S/C16H14ClN3O4/c17-11-5-6-14-13(9-11)15(21)4-2-8-19(14)16(22)18-7-1-3-12(10-18)20(23)24/h1,3,5-6,9-10H,2,4,7-8H2. The number of nitrogens with zero attached hydrogens (tertiary/aromatic N) is 3. The molecule has 0 fully saturated rings. The molecule has 3 rings (SSSR count). The fourth-order valence-electron chi connectivity index (χ4n) is 2.76. The van der Waals surface area contributed by atoms with Crippen LogP contribution in [0, 0.1) is 10.1 Å². The van der Waals surface area contributed by atoms with Gasteiger partial charge in [0.05, 0.1) is 16.8 Å². The minimum Gasteiger partial charge on any atom is -0.294 e. The summed E-state index contributed by atoms with van der Waals surface area (Å²) < 4.78 is 0. The maximum atomic E-state index is 12.8. The molecule has 2 aliphatic rings. The van der Waals surface area contributed by atoms with Gasteiger partial charge in [0.15, 0.2) is 5.78 Å². The molecule has 124 valence electrons. The number of benzene rings is 1. The zero-order valence-electron chi connectivity index (χ0n) is 12.6. The maximum Gasteiger partial charge on any atom is 0.329 e. The number of urea groups is 1. The predicted octanol–water partition coefficient (Wildman–Crippen LogP) is 3.23. The second-order valence-corrected chi connectivity index (χ2v) is 5.92. The van der Waals surface area contributed by atoms with Crippen molar-refractivity contribution in [1.82, 2.24) is 4.90 Å². The van der Waals surface area contributed by atoms with Gasteiger partial charge in [-0.25, -0.2) is 4.79 Å². The van der Waals surface area contributed by atoms with Crippen LogP contribution >= 0.6 is 11.6 Å². The van der Waals surface area contributed by atoms with E-state index in [1.165, 1.54) is 22.1 Å². The van der Waals surface area contributed by atoms with Gasteiger partial charge in [-0.2, -0.15) is 0 Å². The zero-order chi connectivity index (χ0) is 17.3. The summed E-state index contributed by atoms with van der Waals surface area (Å²) in [5.74, 6) is -0.0668. The number of amides is 2. The molecule has 24 heavy (non-hydrogen) atoms. The molecular formula is C16H14ClN3O4. The van der Waals surface area contributed by atoms with Crippen molar-refractivity contribution in [1.29, 1.82) is 0 Å². The molecule has 0 aliphatic carbocycles. The number of allylic oxidation sites excluding steroid dienone is 1. The highest BCUT2D eigenvalue weighted by molar-refractivity contribution is 6.31. The van der Waals surface area contributed by atoms with E-state index in [0.717, 1.165) is 0 Å². The lowest BCUT2D eigenvalue weighted by Gasteiger charge is -2.28. The lowest BCUT2D eigenvalue weighted by atomic mass is 10.1. The Hall–Kier alpha value is -2.67. The van der Waals surface area contributed by atoms with Gasteiger partial charge < -0.3 is 0 Å². The van der Waals surface area contributed by atoms with E-state index in [1.54, 1.807) is 24.3 Å². The molecular weight excluding hydrogens is 334 g/mol. The summed E-state index contributed by atoms with van der Waals surface area (Å²) >= 11 is 5.97. The number of anilines is 1. The highest BCUT2D eigenvalue weighted by atomic mass is 35.5. The summed E-state index contributed by atoms with van der Waals surface area (Å²) in [7, 11) is 0. The Morgan fingerprint density at radius 1 is 1.33 bits per heavy atom. The Kier molecular flexibility index (Phi) is 4.35. The molecule has 7 nitrogen and oxygen atoms in total. The van der Waals surface area contributed by atoms with Crippen molar-refractivity contribution in [2.45, 2.75) is 12.8 Å². The lowest BCUT2D eigenvalue weighted by Crippen LogP contribution is -2.42. The van der Waals surface area contributed by atoms with E-state index >= 15 is 0 Å². The first-order valence-corrected chi connectivity index (χ1v) is 7.79. The van der Waals surface area contributed by atoms with Crippen LogP contribution < -0.4 is 4.90 Å². The summed E-state index contributed by atoms with van der Waals surface area (Å²) in [6, 6.07) is 4.40. The van der Waals surface area contributed by atoms with Crippen molar-refractivity contribution in [2.24, 2.45) is 0 Å². The predicted molar refractivity (Wildman–Crippen MR) is 88.7 cm³/mol. The molecule has 2 amide bonds. The second-order valence-electron chi connectivity index (χ2n) is 5.49. The molecule has 2 aliphatic heterocycles. The first-order chi connectivity index (χ1) is 11.5. The van der Waals surface area contributed by atoms with Crippen LogP contribution in [-0.4, -0.2) is 34.7 Å². The normalized spacial score (nSPS) is 17.2. The van der Waals surface area contributed by atoms with Crippen LogP contribution in [0.15, 0.2) is 42.2 Å². The number of carbonyl (C=O) groups excluding carboxylic acids is 2. The third-order valence-electron chi connectivity index (χ3n) is 3.90. The zero-order valence-corrected chi connectivity index (χ0v) is 13.4. The molecule has 0 saturated heterocycles. The summed E-state index contributed by atoms with van der Waals surface area (Å²) in [6.45, 7) is 0.602. The topological polar surface area (TPSA) is 83.8 Å². The van der Waals surface area contributed by atoms with Crippen LogP contribution in [-0.2, 0) is 0 Å². The third-order valence-corrected chi connectivity index (χ3v) is 4.14. The van der Waals surface area contributed by atoms with E-state index in [0.29, 0.717) is 35.7 Å². The van der Waals surface area contributed by atoms with Crippen molar-refractivity contribution in [2.75, 3.05) is 18.0 Å². The van der Waals surface area contributed by atoms with Gasteiger partial charge in [0, 0.05) is 36.2 Å². The highest BCUT2D eigenvalue weighted by Gasteiger charge is 2.29. The van der Waals surface area contributed by atoms with Gasteiger partial charge in [0.1, 0.15) is 0 Å². The van der Waals surface area contributed by atoms with Gasteiger partial charge in [0.25, 0.3) is 5.70 Å². The van der Waals surface area contributed by atoms with Gasteiger partial charge >= 0.3 is 6.03 Å². The van der Waals surface area contributed by atoms with Crippen LogP contribution in [0.1, 0.15) is 23.2 Å².